The van der Waals surface area contributed by atoms with Crippen molar-refractivity contribution in [3.63, 3.8) is 0 Å². The molecule has 0 unspecified atom stereocenters. The Morgan fingerprint density at radius 2 is 1.94 bits per heavy atom. The lowest BCUT2D eigenvalue weighted by Crippen LogP contribution is -2.42. The molecule has 5 nitrogen and oxygen atoms in total. The second-order valence-corrected chi connectivity index (χ2v) is 10.3. The highest BCUT2D eigenvalue weighted by atomic mass is 28.4. The Kier molecular flexibility index (Phi) is 5.51. The quantitative estimate of drug-likeness (QED) is 0.274. The highest BCUT2D eigenvalue weighted by Crippen LogP contribution is 2.38. The lowest BCUT2D eigenvalue weighted by Gasteiger charge is -2.36. The molecule has 0 saturated heterocycles. The van der Waals surface area contributed by atoms with E-state index >= 15 is 0 Å². The van der Waals surface area contributed by atoms with E-state index in [1.54, 1.807) is 6.08 Å². The summed E-state index contributed by atoms with van der Waals surface area (Å²) in [5, 5.41) is 8.92. The topological polar surface area (TPSA) is 82.9 Å². The second-order valence-electron chi connectivity index (χ2n) is 5.59. The smallest absolute Gasteiger partial charge is 0.438 e. The predicted molar refractivity (Wildman–Crippen MR) is 72.9 cm³/mol. The monoisotopic (exact) mass is 270 g/mol. The van der Waals surface area contributed by atoms with E-state index in [1.165, 1.54) is 0 Å². The molecule has 0 heterocycles. The molecule has 1 N–H and O–H groups in total. The van der Waals surface area contributed by atoms with Crippen molar-refractivity contribution in [1.29, 1.82) is 0 Å². The van der Waals surface area contributed by atoms with E-state index in [4.69, 9.17) is 15.1 Å². The summed E-state index contributed by atoms with van der Waals surface area (Å²) in [7, 11) is -2.15. The Labute approximate surface area is 109 Å². The zero-order valence-corrected chi connectivity index (χ0v) is 12.9. The number of nitrogens with zero attached hydrogens (tertiary/aromatic N) is 2. The molecule has 0 bridgehead atoms. The van der Waals surface area contributed by atoms with Gasteiger partial charge in [0.15, 0.2) is 5.76 Å². The van der Waals surface area contributed by atoms with E-state index in [1.807, 2.05) is 20.0 Å². The summed E-state index contributed by atoms with van der Waals surface area (Å²) >= 11 is 0. The molecule has 0 aromatic carbocycles. The fraction of sp³-hybridized carbons (Fsp3) is 0.667. The SMILES string of the molecule is CC/C=C(\O[Si](C)(C)C(C)(C)C)C(=[N+]=[N-])C(=O)O. The van der Waals surface area contributed by atoms with E-state index in [0.717, 1.165) is 0 Å². The summed E-state index contributed by atoms with van der Waals surface area (Å²) in [4.78, 5) is 13.8. The fourth-order valence-electron chi connectivity index (χ4n) is 0.998. The van der Waals surface area contributed by atoms with Gasteiger partial charge in [-0.1, -0.05) is 27.7 Å². The van der Waals surface area contributed by atoms with Crippen molar-refractivity contribution in [1.82, 2.24) is 0 Å². The molecule has 0 aliphatic carbocycles. The first-order valence-corrected chi connectivity index (χ1v) is 8.82. The van der Waals surface area contributed by atoms with Gasteiger partial charge in [-0.05, 0) is 30.6 Å². The fourth-order valence-corrected chi connectivity index (χ4v) is 2.03. The van der Waals surface area contributed by atoms with E-state index < -0.39 is 20.0 Å². The first-order valence-electron chi connectivity index (χ1n) is 5.91. The zero-order valence-electron chi connectivity index (χ0n) is 11.9. The Balaban J connectivity index is 5.40. The Hall–Kier alpha value is -1.39. The number of carboxylic acid groups (broad SMARTS) is 1. The summed E-state index contributed by atoms with van der Waals surface area (Å²) in [6.45, 7) is 12.0. The van der Waals surface area contributed by atoms with Crippen molar-refractivity contribution in [3.05, 3.63) is 17.4 Å². The molecule has 18 heavy (non-hydrogen) atoms. The van der Waals surface area contributed by atoms with E-state index in [0.29, 0.717) is 6.42 Å². The number of rotatable bonds is 5. The number of hydrogen-bond donors (Lipinski definition) is 1. The minimum absolute atomic E-state index is 0.0566. The van der Waals surface area contributed by atoms with Crippen LogP contribution in [0.4, 0.5) is 0 Å². The lowest BCUT2D eigenvalue weighted by atomic mass is 10.2. The van der Waals surface area contributed by atoms with E-state index in [2.05, 4.69) is 25.6 Å². The van der Waals surface area contributed by atoms with Crippen LogP contribution >= 0.6 is 0 Å². The van der Waals surface area contributed by atoms with Gasteiger partial charge < -0.3 is 15.1 Å². The number of carbonyl (C=O) groups is 1. The van der Waals surface area contributed by atoms with Crippen LogP contribution in [0.1, 0.15) is 34.1 Å². The van der Waals surface area contributed by atoms with Gasteiger partial charge in [0.05, 0.1) is 0 Å². The average molecular weight is 270 g/mol. The van der Waals surface area contributed by atoms with Crippen LogP contribution in [0.2, 0.25) is 18.1 Å². The minimum atomic E-state index is -2.15. The molecule has 0 saturated carbocycles. The van der Waals surface area contributed by atoms with Gasteiger partial charge >= 0.3 is 11.7 Å². The van der Waals surface area contributed by atoms with Crippen molar-refractivity contribution >= 4 is 20.0 Å². The Bertz CT molecular complexity index is 402. The maximum Gasteiger partial charge on any atom is 0.438 e. The maximum absolute atomic E-state index is 11.0. The molecule has 0 amide bonds. The van der Waals surface area contributed by atoms with Gasteiger partial charge in [0.1, 0.15) is 0 Å². The molecule has 0 aliphatic heterocycles. The summed E-state index contributed by atoms with van der Waals surface area (Å²) in [6, 6.07) is 0. The number of hydrogen-bond acceptors (Lipinski definition) is 2. The highest BCUT2D eigenvalue weighted by Gasteiger charge is 2.42. The van der Waals surface area contributed by atoms with Crippen molar-refractivity contribution < 1.29 is 19.1 Å². The van der Waals surface area contributed by atoms with Crippen molar-refractivity contribution in [2.75, 3.05) is 0 Å². The highest BCUT2D eigenvalue weighted by molar-refractivity contribution is 6.74. The van der Waals surface area contributed by atoms with Gasteiger partial charge in [0.2, 0.25) is 0 Å². The molecular formula is C12H22N2O3Si. The molecule has 0 aliphatic rings. The molecule has 6 heteroatoms. The number of carboxylic acids is 1. The van der Waals surface area contributed by atoms with Gasteiger partial charge in [-0.2, -0.15) is 4.79 Å². The van der Waals surface area contributed by atoms with Crippen molar-refractivity contribution in [2.24, 2.45) is 0 Å². The number of aliphatic carboxylic acids is 1. The van der Waals surface area contributed by atoms with E-state index in [9.17, 15) is 4.79 Å². The van der Waals surface area contributed by atoms with Gasteiger partial charge in [-0.15, -0.1) is 0 Å². The molecule has 0 radical (unpaired) electrons. The summed E-state index contributed by atoms with van der Waals surface area (Å²) < 4.78 is 5.89. The minimum Gasteiger partial charge on any atom is -0.538 e. The van der Waals surface area contributed by atoms with Crippen LogP contribution in [0.3, 0.4) is 0 Å². The molecule has 0 atom stereocenters. The Morgan fingerprint density at radius 3 is 2.22 bits per heavy atom. The number of allylic oxidation sites excluding steroid dienone is 1. The van der Waals surface area contributed by atoms with Gasteiger partial charge in [-0.25, -0.2) is 4.79 Å². The standard InChI is InChI=1S/C12H22N2O3Si/c1-7-8-9(10(14-13)11(15)16)17-18(5,6)12(2,3)4/h8H,7H2,1-6H3,(H,15,16)/b9-8-. The van der Waals surface area contributed by atoms with Crippen LogP contribution < -0.4 is 0 Å². The third-order valence-electron chi connectivity index (χ3n) is 3.10. The van der Waals surface area contributed by atoms with Crippen LogP contribution in [-0.2, 0) is 9.22 Å². The predicted octanol–water partition coefficient (Wildman–Crippen LogP) is 3.06. The van der Waals surface area contributed by atoms with Crippen LogP contribution in [0, 0.1) is 0 Å². The van der Waals surface area contributed by atoms with Crippen LogP contribution in [0.5, 0.6) is 0 Å². The van der Waals surface area contributed by atoms with Gasteiger partial charge in [0.25, 0.3) is 8.32 Å². The van der Waals surface area contributed by atoms with Crippen LogP contribution in [0.25, 0.3) is 5.53 Å². The second kappa shape index (κ2) is 5.98. The van der Waals surface area contributed by atoms with Crippen molar-refractivity contribution in [3.8, 4) is 0 Å². The largest absolute Gasteiger partial charge is 0.538 e. The summed E-state index contributed by atoms with van der Waals surface area (Å²) in [5.41, 5.74) is 8.35. The molecule has 0 aromatic rings. The molecule has 102 valence electrons. The first-order chi connectivity index (χ1) is 8.06. The van der Waals surface area contributed by atoms with Crippen molar-refractivity contribution in [2.45, 2.75) is 52.2 Å². The Morgan fingerprint density at radius 1 is 1.44 bits per heavy atom. The molecule has 0 rings (SSSR count). The van der Waals surface area contributed by atoms with E-state index in [-0.39, 0.29) is 10.8 Å². The zero-order chi connectivity index (χ0) is 14.6. The van der Waals surface area contributed by atoms with Crippen LogP contribution in [-0.4, -0.2) is 29.9 Å². The average Bonchev–Trinajstić information content (AvgIpc) is 2.15. The molecule has 0 aromatic heterocycles. The third kappa shape index (κ3) is 4.12. The maximum atomic E-state index is 11.0. The summed E-state index contributed by atoms with van der Waals surface area (Å²) in [6.07, 6.45) is 2.24. The molecule has 0 spiro atoms. The third-order valence-corrected chi connectivity index (χ3v) is 7.44. The summed E-state index contributed by atoms with van der Waals surface area (Å²) in [5.74, 6) is -1.14. The molecular weight excluding hydrogens is 248 g/mol. The van der Waals surface area contributed by atoms with Gasteiger partial charge in [0, 0.05) is 0 Å². The van der Waals surface area contributed by atoms with Gasteiger partial charge in [-0.3, -0.25) is 0 Å². The van der Waals surface area contributed by atoms with Crippen LogP contribution in [0.15, 0.2) is 11.8 Å². The lowest BCUT2D eigenvalue weighted by molar-refractivity contribution is -0.134. The normalized spacial score (nSPS) is 12.9. The first kappa shape index (κ1) is 16.6. The molecule has 0 fully saturated rings.